The molecule has 28 heavy (non-hydrogen) atoms. The third kappa shape index (κ3) is 3.95. The summed E-state index contributed by atoms with van der Waals surface area (Å²) in [4.78, 5) is 4.66. The molecule has 0 fully saturated rings. The minimum absolute atomic E-state index is 0.000625. The topological polar surface area (TPSA) is 59.1 Å². The SMILES string of the molecule is O=S(=O)(Nc1cccc(-c2csc(-c3ccccc3)n2)c1)c1ccc(F)cc1. The Morgan fingerprint density at radius 3 is 2.32 bits per heavy atom. The lowest BCUT2D eigenvalue weighted by molar-refractivity contribution is 0.599. The number of rotatable bonds is 5. The number of anilines is 1. The maximum Gasteiger partial charge on any atom is 0.261 e. The van der Waals surface area contributed by atoms with Crippen molar-refractivity contribution in [3.63, 3.8) is 0 Å². The van der Waals surface area contributed by atoms with Gasteiger partial charge < -0.3 is 0 Å². The molecule has 4 rings (SSSR count). The Labute approximate surface area is 166 Å². The van der Waals surface area contributed by atoms with Crippen LogP contribution in [0, 0.1) is 5.82 Å². The number of aromatic nitrogens is 1. The van der Waals surface area contributed by atoms with Gasteiger partial charge in [-0.25, -0.2) is 17.8 Å². The van der Waals surface area contributed by atoms with Gasteiger partial charge in [0.15, 0.2) is 0 Å². The summed E-state index contributed by atoms with van der Waals surface area (Å²) < 4.78 is 40.6. The van der Waals surface area contributed by atoms with Crippen LogP contribution in [-0.2, 0) is 10.0 Å². The first-order valence-electron chi connectivity index (χ1n) is 8.41. The zero-order valence-electron chi connectivity index (χ0n) is 14.5. The Bertz CT molecular complexity index is 1200. The Hall–Kier alpha value is -3.03. The largest absolute Gasteiger partial charge is 0.280 e. The highest BCUT2D eigenvalue weighted by atomic mass is 32.2. The summed E-state index contributed by atoms with van der Waals surface area (Å²) in [6.07, 6.45) is 0. The van der Waals surface area contributed by atoms with Crippen molar-refractivity contribution in [1.29, 1.82) is 0 Å². The van der Waals surface area contributed by atoms with Crippen molar-refractivity contribution in [2.45, 2.75) is 4.90 Å². The Kier molecular flexibility index (Phi) is 4.93. The number of sulfonamides is 1. The average Bonchev–Trinajstić information content (AvgIpc) is 3.19. The van der Waals surface area contributed by atoms with Crippen LogP contribution in [0.3, 0.4) is 0 Å². The fourth-order valence-corrected chi connectivity index (χ4v) is 4.57. The summed E-state index contributed by atoms with van der Waals surface area (Å²) in [5.41, 5.74) is 3.02. The van der Waals surface area contributed by atoms with Crippen molar-refractivity contribution in [1.82, 2.24) is 4.98 Å². The molecule has 0 atom stereocenters. The van der Waals surface area contributed by atoms with Crippen LogP contribution in [0.5, 0.6) is 0 Å². The molecule has 1 aromatic heterocycles. The maximum absolute atomic E-state index is 13.0. The number of benzene rings is 3. The molecule has 0 amide bonds. The molecule has 0 unspecified atom stereocenters. The summed E-state index contributed by atoms with van der Waals surface area (Å²) in [5, 5.41) is 2.84. The van der Waals surface area contributed by atoms with Gasteiger partial charge in [-0.05, 0) is 36.4 Å². The number of nitrogens with one attached hydrogen (secondary N) is 1. The van der Waals surface area contributed by atoms with Gasteiger partial charge in [0.1, 0.15) is 10.8 Å². The van der Waals surface area contributed by atoms with E-state index in [9.17, 15) is 12.8 Å². The van der Waals surface area contributed by atoms with E-state index >= 15 is 0 Å². The Balaban J connectivity index is 1.60. The highest BCUT2D eigenvalue weighted by Gasteiger charge is 2.15. The van der Waals surface area contributed by atoms with Crippen molar-refractivity contribution in [3.8, 4) is 21.8 Å². The van der Waals surface area contributed by atoms with E-state index in [4.69, 9.17) is 0 Å². The Morgan fingerprint density at radius 2 is 1.57 bits per heavy atom. The van der Waals surface area contributed by atoms with Crippen LogP contribution in [0.2, 0.25) is 0 Å². The summed E-state index contributed by atoms with van der Waals surface area (Å²) in [7, 11) is -3.80. The first kappa shape index (κ1) is 18.3. The van der Waals surface area contributed by atoms with E-state index in [0.29, 0.717) is 5.69 Å². The van der Waals surface area contributed by atoms with Gasteiger partial charge in [-0.3, -0.25) is 4.72 Å². The van der Waals surface area contributed by atoms with E-state index in [0.717, 1.165) is 34.0 Å². The predicted molar refractivity (Wildman–Crippen MR) is 110 cm³/mol. The van der Waals surface area contributed by atoms with Crippen LogP contribution >= 0.6 is 11.3 Å². The first-order valence-corrected chi connectivity index (χ1v) is 10.8. The average molecular weight is 410 g/mol. The molecule has 0 spiro atoms. The second-order valence-electron chi connectivity index (χ2n) is 6.04. The van der Waals surface area contributed by atoms with E-state index < -0.39 is 15.8 Å². The lowest BCUT2D eigenvalue weighted by Crippen LogP contribution is -2.12. The quantitative estimate of drug-likeness (QED) is 0.478. The monoisotopic (exact) mass is 410 g/mol. The molecule has 0 aliphatic rings. The summed E-state index contributed by atoms with van der Waals surface area (Å²) in [6, 6.07) is 21.6. The molecule has 0 radical (unpaired) electrons. The molecule has 0 saturated heterocycles. The normalized spacial score (nSPS) is 11.3. The maximum atomic E-state index is 13.0. The standard InChI is InChI=1S/C21H15FN2O2S2/c22-17-9-11-19(12-10-17)28(25,26)24-18-8-4-7-16(13-18)20-14-27-21(23-20)15-5-2-1-3-6-15/h1-14,24H. The van der Waals surface area contributed by atoms with Gasteiger partial charge in [0.05, 0.1) is 10.6 Å². The molecule has 4 aromatic rings. The van der Waals surface area contributed by atoms with E-state index in [1.165, 1.54) is 23.5 Å². The van der Waals surface area contributed by atoms with E-state index in [1.54, 1.807) is 18.2 Å². The molecule has 7 heteroatoms. The molecular weight excluding hydrogens is 395 g/mol. The van der Waals surface area contributed by atoms with Gasteiger partial charge >= 0.3 is 0 Å². The molecule has 0 bridgehead atoms. The predicted octanol–water partition coefficient (Wildman–Crippen LogP) is 5.42. The summed E-state index contributed by atoms with van der Waals surface area (Å²) in [6.45, 7) is 0. The smallest absolute Gasteiger partial charge is 0.261 e. The number of nitrogens with zero attached hydrogens (tertiary/aromatic N) is 1. The van der Waals surface area contributed by atoms with Crippen LogP contribution in [0.1, 0.15) is 0 Å². The zero-order chi connectivity index (χ0) is 19.6. The van der Waals surface area contributed by atoms with Crippen LogP contribution in [0.15, 0.2) is 89.1 Å². The lowest BCUT2D eigenvalue weighted by atomic mass is 10.1. The fourth-order valence-electron chi connectivity index (χ4n) is 2.69. The lowest BCUT2D eigenvalue weighted by Gasteiger charge is -2.09. The minimum atomic E-state index is -3.80. The van der Waals surface area contributed by atoms with Gasteiger partial charge in [-0.15, -0.1) is 11.3 Å². The van der Waals surface area contributed by atoms with E-state index in [1.807, 2.05) is 41.8 Å². The van der Waals surface area contributed by atoms with Crippen LogP contribution in [0.4, 0.5) is 10.1 Å². The van der Waals surface area contributed by atoms with E-state index in [-0.39, 0.29) is 4.90 Å². The second kappa shape index (κ2) is 7.53. The highest BCUT2D eigenvalue weighted by molar-refractivity contribution is 7.92. The molecule has 3 aromatic carbocycles. The molecule has 140 valence electrons. The molecule has 4 nitrogen and oxygen atoms in total. The highest BCUT2D eigenvalue weighted by Crippen LogP contribution is 2.30. The number of halogens is 1. The van der Waals surface area contributed by atoms with Gasteiger partial charge in [-0.1, -0.05) is 42.5 Å². The van der Waals surface area contributed by atoms with Crippen LogP contribution in [0.25, 0.3) is 21.8 Å². The number of hydrogen-bond acceptors (Lipinski definition) is 4. The van der Waals surface area contributed by atoms with Crippen molar-refractivity contribution in [3.05, 3.63) is 90.1 Å². The fraction of sp³-hybridized carbons (Fsp3) is 0. The number of thiazole rings is 1. The molecular formula is C21H15FN2O2S2. The van der Waals surface area contributed by atoms with Gasteiger partial charge in [0.2, 0.25) is 0 Å². The van der Waals surface area contributed by atoms with Crippen LogP contribution < -0.4 is 4.72 Å². The van der Waals surface area contributed by atoms with Crippen molar-refractivity contribution >= 4 is 27.0 Å². The molecule has 1 heterocycles. The summed E-state index contributed by atoms with van der Waals surface area (Å²) >= 11 is 1.53. The van der Waals surface area contributed by atoms with Crippen molar-refractivity contribution in [2.24, 2.45) is 0 Å². The minimum Gasteiger partial charge on any atom is -0.280 e. The van der Waals surface area contributed by atoms with Crippen molar-refractivity contribution < 1.29 is 12.8 Å². The molecule has 0 aliphatic carbocycles. The second-order valence-corrected chi connectivity index (χ2v) is 8.58. The van der Waals surface area contributed by atoms with Crippen LogP contribution in [-0.4, -0.2) is 13.4 Å². The molecule has 0 aliphatic heterocycles. The molecule has 1 N–H and O–H groups in total. The molecule has 0 saturated carbocycles. The third-order valence-electron chi connectivity index (χ3n) is 4.06. The summed E-state index contributed by atoms with van der Waals surface area (Å²) in [5.74, 6) is -0.487. The van der Waals surface area contributed by atoms with E-state index in [2.05, 4.69) is 9.71 Å². The third-order valence-corrected chi connectivity index (χ3v) is 6.35. The Morgan fingerprint density at radius 1 is 0.857 bits per heavy atom. The number of hydrogen-bond donors (Lipinski definition) is 1. The van der Waals surface area contributed by atoms with Crippen molar-refractivity contribution in [2.75, 3.05) is 4.72 Å². The first-order chi connectivity index (χ1) is 13.5. The zero-order valence-corrected chi connectivity index (χ0v) is 16.2. The van der Waals surface area contributed by atoms with Gasteiger partial charge in [-0.2, -0.15) is 0 Å². The van der Waals surface area contributed by atoms with Gasteiger partial charge in [0.25, 0.3) is 10.0 Å². The van der Waals surface area contributed by atoms with Gasteiger partial charge in [0, 0.05) is 22.2 Å².